The summed E-state index contributed by atoms with van der Waals surface area (Å²) in [5.74, 6) is -2.90. The minimum Gasteiger partial charge on any atom is -0.507 e. The number of thiazole rings is 1. The predicted molar refractivity (Wildman–Crippen MR) is 114 cm³/mol. The van der Waals surface area contributed by atoms with Gasteiger partial charge in [0.1, 0.15) is 5.76 Å². The maximum atomic E-state index is 14.2. The molecule has 3 aromatic rings. The van der Waals surface area contributed by atoms with Crippen molar-refractivity contribution in [1.29, 1.82) is 0 Å². The second kappa shape index (κ2) is 7.92. The molecule has 1 aromatic carbocycles. The summed E-state index contributed by atoms with van der Waals surface area (Å²) in [5, 5.41) is 11.3. The third kappa shape index (κ3) is 3.46. The highest BCUT2D eigenvalue weighted by molar-refractivity contribution is 7.16. The molecule has 1 saturated heterocycles. The number of rotatable bonds is 4. The quantitative estimate of drug-likeness (QED) is 0.376. The Morgan fingerprint density at radius 3 is 2.61 bits per heavy atom. The number of carbonyl (C=O) groups excluding carboxylic acids is 2. The molecule has 1 fully saturated rings. The topological polar surface area (TPSA) is 92.6 Å². The Labute approximate surface area is 181 Å². The first kappa shape index (κ1) is 20.7. The summed E-state index contributed by atoms with van der Waals surface area (Å²) in [7, 11) is 1.32. The Kier molecular flexibility index (Phi) is 5.28. The molecule has 1 unspecified atom stereocenters. The molecule has 7 nitrogen and oxygen atoms in total. The fraction of sp³-hybridized carbons (Fsp3) is 0.182. The van der Waals surface area contributed by atoms with Crippen LogP contribution in [0.1, 0.15) is 27.7 Å². The van der Waals surface area contributed by atoms with Crippen LogP contribution in [0, 0.1) is 19.7 Å². The molecule has 2 aromatic heterocycles. The molecule has 1 aliphatic heterocycles. The van der Waals surface area contributed by atoms with Crippen molar-refractivity contribution in [2.45, 2.75) is 19.9 Å². The van der Waals surface area contributed by atoms with Gasteiger partial charge < -0.3 is 9.84 Å². The van der Waals surface area contributed by atoms with Crippen molar-refractivity contribution in [1.82, 2.24) is 9.97 Å². The number of halogens is 1. The van der Waals surface area contributed by atoms with Crippen molar-refractivity contribution in [3.05, 3.63) is 75.8 Å². The SMILES string of the molecule is COc1ccc(C(O)=C2C(=O)C(=O)N(c3nc(C)c(C)s3)C2c2cccnc2)cc1F. The molecule has 158 valence electrons. The van der Waals surface area contributed by atoms with Gasteiger partial charge in [-0.25, -0.2) is 9.37 Å². The van der Waals surface area contributed by atoms with Gasteiger partial charge in [-0.15, -0.1) is 11.3 Å². The number of ether oxygens (including phenoxy) is 1. The van der Waals surface area contributed by atoms with E-state index < -0.39 is 29.3 Å². The lowest BCUT2D eigenvalue weighted by molar-refractivity contribution is -0.132. The number of ketones is 1. The van der Waals surface area contributed by atoms with Crippen molar-refractivity contribution in [2.75, 3.05) is 12.0 Å². The van der Waals surface area contributed by atoms with Gasteiger partial charge in [0, 0.05) is 22.8 Å². The molecule has 1 amide bonds. The number of hydrogen-bond donors (Lipinski definition) is 1. The van der Waals surface area contributed by atoms with E-state index in [0.29, 0.717) is 10.7 Å². The third-order valence-electron chi connectivity index (χ3n) is 5.09. The number of benzene rings is 1. The molecule has 0 aliphatic carbocycles. The first-order valence-electron chi connectivity index (χ1n) is 9.32. The highest BCUT2D eigenvalue weighted by atomic mass is 32.1. The van der Waals surface area contributed by atoms with Crippen molar-refractivity contribution in [2.24, 2.45) is 0 Å². The number of pyridine rings is 1. The summed E-state index contributed by atoms with van der Waals surface area (Å²) in [6.07, 6.45) is 3.07. The van der Waals surface area contributed by atoms with Gasteiger partial charge in [-0.05, 0) is 43.7 Å². The van der Waals surface area contributed by atoms with Crippen molar-refractivity contribution < 1.29 is 23.8 Å². The van der Waals surface area contributed by atoms with Crippen LogP contribution in [0.2, 0.25) is 0 Å². The van der Waals surface area contributed by atoms with Gasteiger partial charge in [-0.1, -0.05) is 6.07 Å². The fourth-order valence-electron chi connectivity index (χ4n) is 3.41. The smallest absolute Gasteiger partial charge is 0.301 e. The average molecular weight is 439 g/mol. The maximum absolute atomic E-state index is 14.2. The number of aryl methyl sites for hydroxylation is 2. The van der Waals surface area contributed by atoms with Crippen LogP contribution in [0.15, 0.2) is 48.3 Å². The zero-order valence-electron chi connectivity index (χ0n) is 16.9. The molecule has 1 atom stereocenters. The summed E-state index contributed by atoms with van der Waals surface area (Å²) in [6, 6.07) is 6.23. The van der Waals surface area contributed by atoms with E-state index in [1.54, 1.807) is 18.3 Å². The maximum Gasteiger partial charge on any atom is 0.301 e. The second-order valence-corrected chi connectivity index (χ2v) is 8.12. The Morgan fingerprint density at radius 2 is 2.03 bits per heavy atom. The lowest BCUT2D eigenvalue weighted by Crippen LogP contribution is -2.29. The van der Waals surface area contributed by atoms with E-state index >= 15 is 0 Å². The zero-order valence-corrected chi connectivity index (χ0v) is 17.7. The van der Waals surface area contributed by atoms with Crippen LogP contribution in [0.25, 0.3) is 5.76 Å². The summed E-state index contributed by atoms with van der Waals surface area (Å²) >= 11 is 1.27. The lowest BCUT2D eigenvalue weighted by Gasteiger charge is -2.22. The molecule has 9 heteroatoms. The number of methoxy groups -OCH3 is 1. The van der Waals surface area contributed by atoms with Gasteiger partial charge in [0.2, 0.25) is 0 Å². The van der Waals surface area contributed by atoms with Gasteiger partial charge in [0.15, 0.2) is 16.7 Å². The van der Waals surface area contributed by atoms with E-state index in [2.05, 4.69) is 9.97 Å². The summed E-state index contributed by atoms with van der Waals surface area (Å²) in [5.41, 5.74) is 1.15. The van der Waals surface area contributed by atoms with Crippen molar-refractivity contribution >= 4 is 33.9 Å². The molecule has 1 aliphatic rings. The van der Waals surface area contributed by atoms with Crippen LogP contribution < -0.4 is 9.64 Å². The van der Waals surface area contributed by atoms with Gasteiger partial charge in [0.25, 0.3) is 5.78 Å². The zero-order chi connectivity index (χ0) is 22.3. The summed E-state index contributed by atoms with van der Waals surface area (Å²) in [6.45, 7) is 3.68. The first-order chi connectivity index (χ1) is 14.8. The number of carbonyl (C=O) groups is 2. The van der Waals surface area contributed by atoms with E-state index in [4.69, 9.17) is 4.74 Å². The van der Waals surface area contributed by atoms with Crippen molar-refractivity contribution in [3.8, 4) is 5.75 Å². The Balaban J connectivity index is 1.93. The Morgan fingerprint density at radius 1 is 1.26 bits per heavy atom. The fourth-order valence-corrected chi connectivity index (χ4v) is 4.35. The molecule has 31 heavy (non-hydrogen) atoms. The minimum atomic E-state index is -0.955. The van der Waals surface area contributed by atoms with Gasteiger partial charge in [0.05, 0.1) is 24.4 Å². The van der Waals surface area contributed by atoms with E-state index in [-0.39, 0.29) is 16.9 Å². The molecule has 0 saturated carbocycles. The van der Waals surface area contributed by atoms with Crippen LogP contribution in [0.4, 0.5) is 9.52 Å². The minimum absolute atomic E-state index is 0.00505. The number of Topliss-reactive ketones (excluding diaryl/α,β-unsaturated/α-hetero) is 1. The number of hydrogen-bond acceptors (Lipinski definition) is 7. The highest BCUT2D eigenvalue weighted by Crippen LogP contribution is 2.43. The van der Waals surface area contributed by atoms with Gasteiger partial charge in [-0.3, -0.25) is 19.5 Å². The highest BCUT2D eigenvalue weighted by Gasteiger charge is 2.48. The molecule has 0 radical (unpaired) electrons. The summed E-state index contributed by atoms with van der Waals surface area (Å²) in [4.78, 5) is 36.7. The van der Waals surface area contributed by atoms with E-state index in [1.165, 1.54) is 41.7 Å². The number of amides is 1. The van der Waals surface area contributed by atoms with Crippen LogP contribution in [-0.4, -0.2) is 33.9 Å². The molecule has 4 rings (SSSR count). The predicted octanol–water partition coefficient (Wildman–Crippen LogP) is 3.93. The summed E-state index contributed by atoms with van der Waals surface area (Å²) < 4.78 is 19.1. The van der Waals surface area contributed by atoms with Crippen molar-refractivity contribution in [3.63, 3.8) is 0 Å². The van der Waals surface area contributed by atoms with Crippen LogP contribution >= 0.6 is 11.3 Å². The monoisotopic (exact) mass is 439 g/mol. The lowest BCUT2D eigenvalue weighted by atomic mass is 9.96. The van der Waals surface area contributed by atoms with Crippen LogP contribution in [0.3, 0.4) is 0 Å². The van der Waals surface area contributed by atoms with E-state index in [0.717, 1.165) is 16.6 Å². The molecule has 1 N–H and O–H groups in total. The molecule has 3 heterocycles. The van der Waals surface area contributed by atoms with E-state index in [1.807, 2.05) is 13.8 Å². The number of aliphatic hydroxyl groups is 1. The largest absolute Gasteiger partial charge is 0.507 e. The molecule has 0 spiro atoms. The second-order valence-electron chi connectivity index (χ2n) is 6.94. The van der Waals surface area contributed by atoms with Gasteiger partial charge >= 0.3 is 5.91 Å². The van der Waals surface area contributed by atoms with Gasteiger partial charge in [-0.2, -0.15) is 0 Å². The normalized spacial score (nSPS) is 17.9. The number of anilines is 1. The third-order valence-corrected chi connectivity index (χ3v) is 6.17. The average Bonchev–Trinajstić information content (AvgIpc) is 3.23. The first-order valence-corrected chi connectivity index (χ1v) is 10.1. The number of aromatic nitrogens is 2. The molecule has 0 bridgehead atoms. The Bertz CT molecular complexity index is 1200. The Hall–Kier alpha value is -3.59. The molecular weight excluding hydrogens is 421 g/mol. The van der Waals surface area contributed by atoms with Crippen LogP contribution in [0.5, 0.6) is 5.75 Å². The van der Waals surface area contributed by atoms with E-state index in [9.17, 15) is 19.1 Å². The standard InChI is InChI=1S/C22H18FN3O4S/c1-11-12(2)31-22(25-11)26-18(14-5-4-8-24-10-14)17(20(28)21(26)29)19(27)13-6-7-16(30-3)15(23)9-13/h4-10,18,27H,1-3H3. The molecular formula is C22H18FN3O4S. The number of aliphatic hydroxyl groups excluding tert-OH is 1. The number of nitrogens with zero attached hydrogens (tertiary/aromatic N) is 3. The van der Waals surface area contributed by atoms with Crippen LogP contribution in [-0.2, 0) is 9.59 Å².